The summed E-state index contributed by atoms with van der Waals surface area (Å²) in [6.07, 6.45) is 4.62. The van der Waals surface area contributed by atoms with Crippen LogP contribution in [0.1, 0.15) is 10.5 Å². The average molecular weight is 333 g/mol. The van der Waals surface area contributed by atoms with Crippen molar-refractivity contribution < 1.29 is 13.2 Å². The fourth-order valence-electron chi connectivity index (χ4n) is 1.79. The van der Waals surface area contributed by atoms with Crippen LogP contribution in [-0.4, -0.2) is 31.2 Å². The molecule has 0 bridgehead atoms. The van der Waals surface area contributed by atoms with Crippen molar-refractivity contribution >= 4 is 27.4 Å². The van der Waals surface area contributed by atoms with Crippen LogP contribution in [0.15, 0.2) is 70.6 Å². The van der Waals surface area contributed by atoms with Gasteiger partial charge in [-0.15, -0.1) is 11.8 Å². The summed E-state index contributed by atoms with van der Waals surface area (Å²) < 4.78 is 24.7. The number of carbonyl (C=O) groups is 1. The van der Waals surface area contributed by atoms with Gasteiger partial charge in [0.15, 0.2) is 9.84 Å². The lowest BCUT2D eigenvalue weighted by Gasteiger charge is -2.06. The third-order valence-corrected chi connectivity index (χ3v) is 5.56. The van der Waals surface area contributed by atoms with Gasteiger partial charge in [0.2, 0.25) is 5.78 Å². The van der Waals surface area contributed by atoms with Crippen molar-refractivity contribution in [1.82, 2.24) is 4.98 Å². The summed E-state index contributed by atoms with van der Waals surface area (Å²) in [6.45, 7) is 0. The SMILES string of the molecule is CS/C(=C/C(=O)c1ccccn1)CS(=O)(=O)c1ccccc1. The summed E-state index contributed by atoms with van der Waals surface area (Å²) in [5, 5.41) is 0. The quantitative estimate of drug-likeness (QED) is 0.601. The lowest BCUT2D eigenvalue weighted by molar-refractivity contribution is 0.104. The molecule has 0 N–H and O–H groups in total. The van der Waals surface area contributed by atoms with Crippen LogP contribution in [-0.2, 0) is 9.84 Å². The molecule has 2 rings (SSSR count). The summed E-state index contributed by atoms with van der Waals surface area (Å²) in [7, 11) is -3.46. The molecule has 0 spiro atoms. The molecule has 4 nitrogen and oxygen atoms in total. The van der Waals surface area contributed by atoms with E-state index < -0.39 is 9.84 Å². The lowest BCUT2D eigenvalue weighted by atomic mass is 10.2. The van der Waals surface area contributed by atoms with E-state index in [1.54, 1.807) is 54.8 Å². The molecule has 0 fully saturated rings. The van der Waals surface area contributed by atoms with Crippen LogP contribution in [0.2, 0.25) is 0 Å². The van der Waals surface area contributed by atoms with Gasteiger partial charge < -0.3 is 0 Å². The van der Waals surface area contributed by atoms with E-state index in [1.807, 2.05) is 0 Å². The zero-order chi connectivity index (χ0) is 16.0. The highest BCUT2D eigenvalue weighted by Crippen LogP contribution is 2.20. The first kappa shape index (κ1) is 16.5. The summed E-state index contributed by atoms with van der Waals surface area (Å²) in [5.41, 5.74) is 0.297. The molecule has 1 aromatic carbocycles. The molecule has 2 aromatic rings. The summed E-state index contributed by atoms with van der Waals surface area (Å²) >= 11 is 1.25. The van der Waals surface area contributed by atoms with Crippen LogP contribution >= 0.6 is 11.8 Å². The molecule has 0 radical (unpaired) electrons. The van der Waals surface area contributed by atoms with Gasteiger partial charge in [0.25, 0.3) is 0 Å². The number of rotatable bonds is 6. The van der Waals surface area contributed by atoms with Crippen molar-refractivity contribution in [1.29, 1.82) is 0 Å². The molecule has 0 aliphatic carbocycles. The molecule has 114 valence electrons. The molecule has 0 unspecified atom stereocenters. The van der Waals surface area contributed by atoms with Crippen molar-refractivity contribution in [3.8, 4) is 0 Å². The molecule has 6 heteroatoms. The Labute approximate surface area is 134 Å². The Morgan fingerprint density at radius 2 is 1.82 bits per heavy atom. The first-order chi connectivity index (χ1) is 10.5. The Kier molecular flexibility index (Phi) is 5.51. The van der Waals surface area contributed by atoms with E-state index in [1.165, 1.54) is 24.0 Å². The largest absolute Gasteiger partial charge is 0.288 e. The fraction of sp³-hybridized carbons (Fsp3) is 0.125. The molecular formula is C16H15NO3S2. The van der Waals surface area contributed by atoms with Gasteiger partial charge in [0.1, 0.15) is 5.69 Å². The Morgan fingerprint density at radius 3 is 2.41 bits per heavy atom. The lowest BCUT2D eigenvalue weighted by Crippen LogP contribution is -2.09. The third kappa shape index (κ3) is 4.29. The highest BCUT2D eigenvalue weighted by Gasteiger charge is 2.17. The number of pyridine rings is 1. The maximum Gasteiger partial charge on any atom is 0.204 e. The van der Waals surface area contributed by atoms with Crippen LogP contribution in [0.25, 0.3) is 0 Å². The number of carbonyl (C=O) groups excluding carboxylic acids is 1. The minimum absolute atomic E-state index is 0.198. The van der Waals surface area contributed by atoms with Gasteiger partial charge in [-0.1, -0.05) is 24.3 Å². The standard InChI is InChI=1S/C16H15NO3S2/c1-21-13(11-16(18)15-9-5-6-10-17-15)12-22(19,20)14-7-3-2-4-8-14/h2-11H,12H2,1H3/b13-11+. The minimum Gasteiger partial charge on any atom is -0.288 e. The van der Waals surface area contributed by atoms with E-state index in [0.717, 1.165) is 0 Å². The number of benzene rings is 1. The van der Waals surface area contributed by atoms with E-state index in [2.05, 4.69) is 4.98 Å². The maximum atomic E-state index is 12.3. The smallest absolute Gasteiger partial charge is 0.204 e. The van der Waals surface area contributed by atoms with Gasteiger partial charge in [-0.3, -0.25) is 9.78 Å². The van der Waals surface area contributed by atoms with Crippen LogP contribution in [0.5, 0.6) is 0 Å². The highest BCUT2D eigenvalue weighted by molar-refractivity contribution is 8.03. The van der Waals surface area contributed by atoms with Crippen molar-refractivity contribution in [2.45, 2.75) is 4.90 Å². The van der Waals surface area contributed by atoms with E-state index in [0.29, 0.717) is 10.6 Å². The normalized spacial score (nSPS) is 12.1. The van der Waals surface area contributed by atoms with Crippen LogP contribution in [0, 0.1) is 0 Å². The molecule has 0 saturated carbocycles. The molecule has 0 saturated heterocycles. The monoisotopic (exact) mass is 333 g/mol. The van der Waals surface area contributed by atoms with Gasteiger partial charge in [-0.2, -0.15) is 0 Å². The Bertz CT molecular complexity index is 770. The number of aromatic nitrogens is 1. The average Bonchev–Trinajstić information content (AvgIpc) is 2.55. The second-order valence-electron chi connectivity index (χ2n) is 4.47. The topological polar surface area (TPSA) is 64.1 Å². The number of sulfone groups is 1. The summed E-state index contributed by atoms with van der Waals surface area (Å²) in [5.74, 6) is -0.496. The Balaban J connectivity index is 2.22. The number of hydrogen-bond acceptors (Lipinski definition) is 5. The molecular weight excluding hydrogens is 318 g/mol. The zero-order valence-electron chi connectivity index (χ0n) is 12.0. The minimum atomic E-state index is -3.46. The Morgan fingerprint density at radius 1 is 1.14 bits per heavy atom. The van der Waals surface area contributed by atoms with E-state index >= 15 is 0 Å². The molecule has 0 aliphatic rings. The van der Waals surface area contributed by atoms with Crippen molar-refractivity contribution in [2.75, 3.05) is 12.0 Å². The molecule has 0 amide bonds. The number of nitrogens with zero attached hydrogens (tertiary/aromatic N) is 1. The second kappa shape index (κ2) is 7.38. The van der Waals surface area contributed by atoms with Crippen LogP contribution in [0.3, 0.4) is 0 Å². The van der Waals surface area contributed by atoms with E-state index in [9.17, 15) is 13.2 Å². The van der Waals surface area contributed by atoms with Crippen molar-refractivity contribution in [3.05, 3.63) is 71.4 Å². The molecule has 1 heterocycles. The fourth-order valence-corrected chi connectivity index (χ4v) is 4.14. The van der Waals surface area contributed by atoms with Gasteiger partial charge in [0.05, 0.1) is 10.6 Å². The second-order valence-corrected chi connectivity index (χ2v) is 7.39. The zero-order valence-corrected chi connectivity index (χ0v) is 13.6. The Hall–Kier alpha value is -1.92. The van der Waals surface area contributed by atoms with Crippen molar-refractivity contribution in [3.63, 3.8) is 0 Å². The van der Waals surface area contributed by atoms with Gasteiger partial charge >= 0.3 is 0 Å². The number of allylic oxidation sites excluding steroid dienone is 1. The van der Waals surface area contributed by atoms with Gasteiger partial charge in [-0.25, -0.2) is 8.42 Å². The van der Waals surface area contributed by atoms with Gasteiger partial charge in [-0.05, 0) is 36.6 Å². The van der Waals surface area contributed by atoms with E-state index in [4.69, 9.17) is 0 Å². The van der Waals surface area contributed by atoms with Crippen LogP contribution in [0.4, 0.5) is 0 Å². The first-order valence-corrected chi connectivity index (χ1v) is 9.38. The molecule has 22 heavy (non-hydrogen) atoms. The van der Waals surface area contributed by atoms with Gasteiger partial charge in [0, 0.05) is 11.1 Å². The number of thioether (sulfide) groups is 1. The molecule has 1 aromatic heterocycles. The summed E-state index contributed by atoms with van der Waals surface area (Å²) in [4.78, 5) is 16.8. The number of hydrogen-bond donors (Lipinski definition) is 0. The van der Waals surface area contributed by atoms with E-state index in [-0.39, 0.29) is 16.4 Å². The predicted molar refractivity (Wildman–Crippen MR) is 88.7 cm³/mol. The molecule has 0 atom stereocenters. The highest BCUT2D eigenvalue weighted by atomic mass is 32.2. The van der Waals surface area contributed by atoms with Crippen molar-refractivity contribution in [2.24, 2.45) is 0 Å². The first-order valence-electron chi connectivity index (χ1n) is 6.50. The summed E-state index contributed by atoms with van der Waals surface area (Å²) in [6, 6.07) is 13.2. The predicted octanol–water partition coefficient (Wildman–Crippen LogP) is 2.99. The maximum absolute atomic E-state index is 12.3. The van der Waals surface area contributed by atoms with Crippen LogP contribution < -0.4 is 0 Å². The molecule has 0 aliphatic heterocycles. The number of ketones is 1. The third-order valence-electron chi connectivity index (χ3n) is 2.91.